The summed E-state index contributed by atoms with van der Waals surface area (Å²) in [5.41, 5.74) is 1.14. The molecule has 1 aromatic rings. The number of urea groups is 1. The van der Waals surface area contributed by atoms with Gasteiger partial charge in [-0.15, -0.1) is 0 Å². The lowest BCUT2D eigenvalue weighted by atomic mass is 9.86. The van der Waals surface area contributed by atoms with Crippen LogP contribution in [0, 0.1) is 5.92 Å². The Morgan fingerprint density at radius 3 is 2.78 bits per heavy atom. The van der Waals surface area contributed by atoms with E-state index in [1.807, 2.05) is 18.2 Å². The van der Waals surface area contributed by atoms with Crippen LogP contribution in [-0.2, 0) is 6.42 Å². The second-order valence-electron chi connectivity index (χ2n) is 6.50. The largest absolute Gasteiger partial charge is 0.486 e. The molecule has 1 aliphatic carbocycles. The number of nitrogens with one attached hydrogen (secondary N) is 2. The molecule has 23 heavy (non-hydrogen) atoms. The number of ether oxygens (including phenoxy) is 2. The molecule has 2 aliphatic rings. The minimum absolute atomic E-state index is 0.0544. The maximum atomic E-state index is 12.0. The fourth-order valence-electron chi connectivity index (χ4n) is 3.31. The van der Waals surface area contributed by atoms with Crippen LogP contribution >= 0.6 is 0 Å². The molecule has 2 atom stereocenters. The zero-order valence-electron chi connectivity index (χ0n) is 13.8. The molecule has 126 valence electrons. The van der Waals surface area contributed by atoms with Gasteiger partial charge in [0.15, 0.2) is 11.5 Å². The van der Waals surface area contributed by atoms with Crippen molar-refractivity contribution < 1.29 is 14.3 Å². The van der Waals surface area contributed by atoms with E-state index < -0.39 is 0 Å². The molecule has 3 rings (SSSR count). The highest BCUT2D eigenvalue weighted by Crippen LogP contribution is 2.30. The first-order chi connectivity index (χ1) is 11.2. The maximum absolute atomic E-state index is 12.0. The van der Waals surface area contributed by atoms with E-state index in [-0.39, 0.29) is 6.03 Å². The zero-order chi connectivity index (χ0) is 16.1. The highest BCUT2D eigenvalue weighted by atomic mass is 16.6. The number of amides is 2. The molecule has 1 fully saturated rings. The monoisotopic (exact) mass is 318 g/mol. The van der Waals surface area contributed by atoms with Gasteiger partial charge in [0.2, 0.25) is 0 Å². The third-order valence-corrected chi connectivity index (χ3v) is 4.73. The van der Waals surface area contributed by atoms with Crippen LogP contribution in [0.1, 0.15) is 38.2 Å². The number of benzene rings is 1. The van der Waals surface area contributed by atoms with Crippen molar-refractivity contribution in [1.82, 2.24) is 10.6 Å². The highest BCUT2D eigenvalue weighted by Gasteiger charge is 2.22. The number of rotatable bonds is 4. The van der Waals surface area contributed by atoms with Crippen LogP contribution in [0.4, 0.5) is 4.79 Å². The Kier molecular flexibility index (Phi) is 5.26. The van der Waals surface area contributed by atoms with E-state index in [0.29, 0.717) is 31.7 Å². The molecule has 2 amide bonds. The highest BCUT2D eigenvalue weighted by molar-refractivity contribution is 5.74. The van der Waals surface area contributed by atoms with Gasteiger partial charge in [-0.2, -0.15) is 0 Å². The average Bonchev–Trinajstić information content (AvgIpc) is 2.57. The van der Waals surface area contributed by atoms with Crippen LogP contribution in [0.5, 0.6) is 11.5 Å². The lowest BCUT2D eigenvalue weighted by Crippen LogP contribution is -2.46. The van der Waals surface area contributed by atoms with E-state index in [9.17, 15) is 4.79 Å². The van der Waals surface area contributed by atoms with Crippen LogP contribution < -0.4 is 20.1 Å². The molecule has 5 nitrogen and oxygen atoms in total. The third kappa shape index (κ3) is 4.30. The predicted octanol–water partition coefficient (Wildman–Crippen LogP) is 2.88. The fourth-order valence-corrected chi connectivity index (χ4v) is 3.31. The Hall–Kier alpha value is -1.91. The summed E-state index contributed by atoms with van der Waals surface area (Å²) in [6.07, 6.45) is 5.58. The van der Waals surface area contributed by atoms with Crippen molar-refractivity contribution >= 4 is 6.03 Å². The molecule has 1 aliphatic heterocycles. The van der Waals surface area contributed by atoms with Gasteiger partial charge in [-0.05, 0) is 42.9 Å². The van der Waals surface area contributed by atoms with Gasteiger partial charge in [0, 0.05) is 12.6 Å². The molecular weight excluding hydrogens is 292 g/mol. The van der Waals surface area contributed by atoms with E-state index in [1.165, 1.54) is 19.3 Å². The smallest absolute Gasteiger partial charge is 0.315 e. The molecule has 0 saturated heterocycles. The number of fused-ring (bicyclic) bond motifs is 1. The summed E-state index contributed by atoms with van der Waals surface area (Å²) in [7, 11) is 0. The fraction of sp³-hybridized carbons (Fsp3) is 0.611. The minimum atomic E-state index is -0.0544. The third-order valence-electron chi connectivity index (χ3n) is 4.73. The maximum Gasteiger partial charge on any atom is 0.315 e. The molecule has 2 unspecified atom stereocenters. The molecule has 0 spiro atoms. The van der Waals surface area contributed by atoms with Crippen molar-refractivity contribution in [3.8, 4) is 11.5 Å². The quantitative estimate of drug-likeness (QED) is 0.897. The minimum Gasteiger partial charge on any atom is -0.486 e. The molecule has 1 aromatic carbocycles. The van der Waals surface area contributed by atoms with Crippen LogP contribution in [0.3, 0.4) is 0 Å². The molecular formula is C18H26N2O3. The predicted molar refractivity (Wildman–Crippen MR) is 89.1 cm³/mol. The molecule has 2 N–H and O–H groups in total. The first-order valence-electron chi connectivity index (χ1n) is 8.65. The van der Waals surface area contributed by atoms with Crippen molar-refractivity contribution in [1.29, 1.82) is 0 Å². The second kappa shape index (κ2) is 7.57. The first-order valence-corrected chi connectivity index (χ1v) is 8.65. The number of carbonyl (C=O) groups excluding carboxylic acids is 1. The standard InChI is InChI=1S/C18H26N2O3/c1-13-4-2-3-5-15(13)20-18(21)19-9-8-14-6-7-16-17(12-14)23-11-10-22-16/h6-7,12-13,15H,2-5,8-11H2,1H3,(H2,19,20,21). The van der Waals surface area contributed by atoms with E-state index in [0.717, 1.165) is 29.9 Å². The second-order valence-corrected chi connectivity index (χ2v) is 6.50. The normalized spacial score (nSPS) is 23.2. The van der Waals surface area contributed by atoms with E-state index in [1.54, 1.807) is 0 Å². The average molecular weight is 318 g/mol. The molecule has 0 radical (unpaired) electrons. The molecule has 5 heteroatoms. The Morgan fingerprint density at radius 1 is 1.17 bits per heavy atom. The lowest BCUT2D eigenvalue weighted by molar-refractivity contribution is 0.171. The Morgan fingerprint density at radius 2 is 1.96 bits per heavy atom. The SMILES string of the molecule is CC1CCCCC1NC(=O)NCCc1ccc2c(c1)OCCO2. The van der Waals surface area contributed by atoms with Crippen molar-refractivity contribution in [3.63, 3.8) is 0 Å². The van der Waals surface area contributed by atoms with Crippen LogP contribution in [0.25, 0.3) is 0 Å². The van der Waals surface area contributed by atoms with Crippen molar-refractivity contribution in [2.45, 2.75) is 45.1 Å². The van der Waals surface area contributed by atoms with Gasteiger partial charge in [0.25, 0.3) is 0 Å². The Balaban J connectivity index is 1.43. The van der Waals surface area contributed by atoms with Crippen molar-refractivity contribution in [2.75, 3.05) is 19.8 Å². The molecule has 0 bridgehead atoms. The lowest BCUT2D eigenvalue weighted by Gasteiger charge is -2.29. The van der Waals surface area contributed by atoms with Crippen molar-refractivity contribution in [3.05, 3.63) is 23.8 Å². The number of hydrogen-bond donors (Lipinski definition) is 2. The summed E-state index contributed by atoms with van der Waals surface area (Å²) < 4.78 is 11.1. The molecule has 1 saturated carbocycles. The van der Waals surface area contributed by atoms with E-state index in [4.69, 9.17) is 9.47 Å². The van der Waals surface area contributed by atoms with Crippen LogP contribution in [0.2, 0.25) is 0 Å². The molecule has 0 aromatic heterocycles. The summed E-state index contributed by atoms with van der Waals surface area (Å²) in [6, 6.07) is 6.22. The van der Waals surface area contributed by atoms with Gasteiger partial charge in [0.05, 0.1) is 0 Å². The summed E-state index contributed by atoms with van der Waals surface area (Å²) in [4.78, 5) is 12.0. The van der Waals surface area contributed by atoms with E-state index in [2.05, 4.69) is 17.6 Å². The summed E-state index contributed by atoms with van der Waals surface area (Å²) >= 11 is 0. The molecule has 1 heterocycles. The summed E-state index contributed by atoms with van der Waals surface area (Å²) in [6.45, 7) is 4.04. The van der Waals surface area contributed by atoms with Gasteiger partial charge in [0.1, 0.15) is 13.2 Å². The van der Waals surface area contributed by atoms with Gasteiger partial charge >= 0.3 is 6.03 Å². The van der Waals surface area contributed by atoms with Gasteiger partial charge in [-0.1, -0.05) is 25.8 Å². The zero-order valence-corrected chi connectivity index (χ0v) is 13.8. The number of carbonyl (C=O) groups is 1. The first kappa shape index (κ1) is 16.0. The van der Waals surface area contributed by atoms with Crippen molar-refractivity contribution in [2.24, 2.45) is 5.92 Å². The van der Waals surface area contributed by atoms with Gasteiger partial charge in [-0.25, -0.2) is 4.79 Å². The van der Waals surface area contributed by atoms with Gasteiger partial charge < -0.3 is 20.1 Å². The Bertz CT molecular complexity index is 547. The van der Waals surface area contributed by atoms with E-state index >= 15 is 0 Å². The number of hydrogen-bond acceptors (Lipinski definition) is 3. The summed E-state index contributed by atoms with van der Waals surface area (Å²) in [5.74, 6) is 2.18. The topological polar surface area (TPSA) is 59.6 Å². The van der Waals surface area contributed by atoms with Crippen LogP contribution in [0.15, 0.2) is 18.2 Å². The summed E-state index contributed by atoms with van der Waals surface area (Å²) in [5, 5.41) is 6.07. The van der Waals surface area contributed by atoms with Crippen LogP contribution in [-0.4, -0.2) is 31.8 Å². The Labute approximate surface area is 137 Å². The van der Waals surface area contributed by atoms with Gasteiger partial charge in [-0.3, -0.25) is 0 Å².